The molecule has 0 amide bonds. The fourth-order valence-corrected chi connectivity index (χ4v) is 9.93. The van der Waals surface area contributed by atoms with E-state index in [-0.39, 0.29) is 30.8 Å². The predicted octanol–water partition coefficient (Wildman–Crippen LogP) is 6.91. The number of aliphatic hydroxyl groups excluding tert-OH is 3. The van der Waals surface area contributed by atoms with E-state index in [1.807, 2.05) is 81.8 Å². The van der Waals surface area contributed by atoms with Crippen molar-refractivity contribution in [3.8, 4) is 22.4 Å². The number of ketones is 1. The second-order valence-corrected chi connectivity index (χ2v) is 20.2. The van der Waals surface area contributed by atoms with E-state index >= 15 is 0 Å². The van der Waals surface area contributed by atoms with Gasteiger partial charge in [0.15, 0.2) is 18.4 Å². The highest BCUT2D eigenvalue weighted by molar-refractivity contribution is 14.1. The normalized spacial score (nSPS) is 30.7. The first-order valence-corrected chi connectivity index (χ1v) is 25.0. The summed E-state index contributed by atoms with van der Waals surface area (Å²) in [5.41, 5.74) is 5.91. The Morgan fingerprint density at radius 3 is 2.31 bits per heavy atom. The number of esters is 1. The van der Waals surface area contributed by atoms with Gasteiger partial charge in [0.25, 0.3) is 0 Å². The molecule has 4 aromatic rings. The van der Waals surface area contributed by atoms with Gasteiger partial charge in [-0.15, -0.1) is 5.10 Å². The lowest BCUT2D eigenvalue weighted by Gasteiger charge is -2.42. The average molecular weight is 1050 g/mol. The van der Waals surface area contributed by atoms with Gasteiger partial charge in [-0.3, -0.25) is 19.2 Å². The molecule has 0 radical (unpaired) electrons. The van der Waals surface area contributed by atoms with Gasteiger partial charge in [-0.25, -0.2) is 0 Å². The van der Waals surface area contributed by atoms with Crippen molar-refractivity contribution in [2.75, 3.05) is 33.8 Å². The van der Waals surface area contributed by atoms with Crippen molar-refractivity contribution in [2.45, 2.75) is 116 Å². The fourth-order valence-electron chi connectivity index (χ4n) is 9.58. The predicted molar refractivity (Wildman–Crippen MR) is 268 cm³/mol. The summed E-state index contributed by atoms with van der Waals surface area (Å²) in [7, 11) is 3.74. The van der Waals surface area contributed by atoms with Gasteiger partial charge >= 0.3 is 5.97 Å². The van der Waals surface area contributed by atoms with E-state index in [0.29, 0.717) is 45.4 Å². The summed E-state index contributed by atoms with van der Waals surface area (Å²) in [6, 6.07) is 26.6. The van der Waals surface area contributed by atoms with E-state index in [0.717, 1.165) is 37.1 Å². The molecular formula is C53H68IN5O9. The minimum absolute atomic E-state index is 0.0795. The molecule has 0 saturated carbocycles. The number of carbonyl (C=O) groups is 2. The second-order valence-electron chi connectivity index (χ2n) is 19.0. The summed E-state index contributed by atoms with van der Waals surface area (Å²) in [6.07, 6.45) is 2.42. The van der Waals surface area contributed by atoms with Crippen molar-refractivity contribution in [3.63, 3.8) is 0 Å². The molecule has 3 aliphatic rings. The molecule has 7 rings (SSSR count). The molecule has 0 spiro atoms. The quantitative estimate of drug-likeness (QED) is 0.0638. The monoisotopic (exact) mass is 1050 g/mol. The highest BCUT2D eigenvalue weighted by atomic mass is 127. The Morgan fingerprint density at radius 2 is 1.62 bits per heavy atom. The Balaban J connectivity index is 1.17. The molecule has 0 aliphatic carbocycles. The lowest BCUT2D eigenvalue weighted by Crippen LogP contribution is -2.56. The molecule has 3 N–H and O–H groups in total. The third kappa shape index (κ3) is 13.6. The first kappa shape index (κ1) is 51.7. The van der Waals surface area contributed by atoms with Gasteiger partial charge in [-0.1, -0.05) is 110 Å². The molecule has 366 valence electrons. The molecule has 1 aromatic heterocycles. The zero-order valence-corrected chi connectivity index (χ0v) is 42.2. The van der Waals surface area contributed by atoms with E-state index < -0.39 is 66.8 Å². The maximum atomic E-state index is 14.0. The van der Waals surface area contributed by atoms with Gasteiger partial charge in [-0.2, -0.15) is 0 Å². The number of allylic oxidation sites excluding steroid dienone is 3. The number of epoxide rings is 1. The number of carbonyl (C=O) groups excluding carboxylic acids is 2. The number of rotatable bonds is 15. The van der Waals surface area contributed by atoms with E-state index in [2.05, 4.69) is 98.5 Å². The van der Waals surface area contributed by atoms with Crippen molar-refractivity contribution in [1.29, 1.82) is 0 Å². The molecule has 14 nitrogen and oxygen atoms in total. The SMILES string of the molecule is CC[C@H]1OC(=O)C[C@@H](O)[C@H](C)[C@@H](O[C@@H]2O[C@@H]3O[C@H]3C(N(C)C)C2O)[C@@H](CCN(CCn2cc(-c3ccc(-c4ccccc4)cc3)nn2)Cc2ccc(I)cc2)C[C@@H](C)C(=O)/C=C/C(C)=C/[C@@H]1CO. The number of hydrogen-bond donors (Lipinski definition) is 3. The average Bonchev–Trinajstić information content (AvgIpc) is 3.94. The van der Waals surface area contributed by atoms with Gasteiger partial charge in [0, 0.05) is 40.0 Å². The van der Waals surface area contributed by atoms with Crippen LogP contribution in [0.4, 0.5) is 0 Å². The molecule has 12 atom stereocenters. The van der Waals surface area contributed by atoms with E-state index in [1.54, 1.807) is 12.2 Å². The summed E-state index contributed by atoms with van der Waals surface area (Å²) < 4.78 is 27.8. The third-order valence-corrected chi connectivity index (χ3v) is 14.4. The number of hydrogen-bond acceptors (Lipinski definition) is 13. The van der Waals surface area contributed by atoms with E-state index in [1.165, 1.54) is 0 Å². The smallest absolute Gasteiger partial charge is 0.308 e. The highest BCUT2D eigenvalue weighted by Gasteiger charge is 2.58. The Kier molecular flexibility index (Phi) is 18.3. The number of ether oxygens (including phenoxy) is 4. The minimum Gasteiger partial charge on any atom is -0.462 e. The van der Waals surface area contributed by atoms with Gasteiger partial charge < -0.3 is 39.2 Å². The number of likely N-dealkylation sites (N-methyl/N-ethyl adjacent to an activating group) is 1. The van der Waals surface area contributed by atoms with Crippen LogP contribution in [0.2, 0.25) is 0 Å². The summed E-state index contributed by atoms with van der Waals surface area (Å²) in [5, 5.41) is 43.1. The standard InChI is InChI=1S/C53H68IN5O9/c1-7-46-41(32-60)27-33(2)13-22-44(61)34(3)28-40(50(35(4)45(62)29-47(63)65-46)66-52-49(64)48(57(5)6)51-53(67-51)68-52)23-24-58(30-36-14-20-42(54)21-15-36)25-26-59-31-43(55-56-59)39-18-16-38(17-19-39)37-11-9-8-10-12-37/h8-22,27,31,34-35,40-41,45-46,48-53,60,62,64H,7,23-26,28-30,32H2,1-6H3/b22-13+,33-27+/t34-,35+,40+,41-,45-,46-,48?,49?,50-,51+,52-,53+/m1/s1. The van der Waals surface area contributed by atoms with Crippen molar-refractivity contribution in [1.82, 2.24) is 24.8 Å². The van der Waals surface area contributed by atoms with Crippen molar-refractivity contribution in [2.24, 2.45) is 23.7 Å². The topological polar surface area (TPSA) is 172 Å². The fraction of sp³-hybridized carbons (Fsp3) is 0.509. The molecule has 2 fully saturated rings. The van der Waals surface area contributed by atoms with Crippen LogP contribution in [0.3, 0.4) is 0 Å². The second kappa shape index (κ2) is 24.1. The van der Waals surface area contributed by atoms with E-state index in [9.17, 15) is 24.9 Å². The number of benzene rings is 3. The zero-order valence-electron chi connectivity index (χ0n) is 40.0. The van der Waals surface area contributed by atoms with Crippen LogP contribution in [-0.2, 0) is 41.6 Å². The van der Waals surface area contributed by atoms with Crippen LogP contribution in [-0.4, -0.2) is 135 Å². The number of nitrogens with zero attached hydrogens (tertiary/aromatic N) is 5. The van der Waals surface area contributed by atoms with Crippen LogP contribution in [0.25, 0.3) is 22.4 Å². The molecule has 2 unspecified atom stereocenters. The maximum Gasteiger partial charge on any atom is 0.308 e. The molecule has 2 saturated heterocycles. The Labute approximate surface area is 414 Å². The zero-order chi connectivity index (χ0) is 48.5. The van der Waals surface area contributed by atoms with Crippen LogP contribution in [0.15, 0.2) is 109 Å². The minimum atomic E-state index is -1.22. The van der Waals surface area contributed by atoms with Crippen LogP contribution in [0, 0.1) is 27.2 Å². The largest absolute Gasteiger partial charge is 0.462 e. The Bertz CT molecular complexity index is 2310. The van der Waals surface area contributed by atoms with Gasteiger partial charge in [-0.05, 0) is 110 Å². The Morgan fingerprint density at radius 1 is 0.912 bits per heavy atom. The first-order valence-electron chi connectivity index (χ1n) is 23.9. The molecule has 15 heteroatoms. The van der Waals surface area contributed by atoms with E-state index in [4.69, 9.17) is 18.9 Å². The van der Waals surface area contributed by atoms with Crippen LogP contribution < -0.4 is 0 Å². The molecule has 3 aliphatic heterocycles. The highest BCUT2D eigenvalue weighted by Crippen LogP contribution is 2.41. The molecule has 3 aromatic carbocycles. The number of halogens is 1. The molecular weight excluding hydrogens is 978 g/mol. The molecule has 0 bridgehead atoms. The lowest BCUT2D eigenvalue weighted by molar-refractivity contribution is -0.269. The van der Waals surface area contributed by atoms with Crippen molar-refractivity contribution >= 4 is 34.3 Å². The summed E-state index contributed by atoms with van der Waals surface area (Å²) >= 11 is 2.31. The first-order chi connectivity index (χ1) is 32.7. The molecule has 68 heavy (non-hydrogen) atoms. The van der Waals surface area contributed by atoms with Gasteiger partial charge in [0.2, 0.25) is 0 Å². The summed E-state index contributed by atoms with van der Waals surface area (Å²) in [5.74, 6) is -2.68. The van der Waals surface area contributed by atoms with Crippen molar-refractivity contribution in [3.05, 3.63) is 118 Å². The maximum absolute atomic E-state index is 14.0. The number of aromatic nitrogens is 3. The summed E-state index contributed by atoms with van der Waals surface area (Å²) in [4.78, 5) is 31.8. The lowest BCUT2D eigenvalue weighted by atomic mass is 9.79. The van der Waals surface area contributed by atoms with Gasteiger partial charge in [0.1, 0.15) is 24.0 Å². The van der Waals surface area contributed by atoms with Crippen LogP contribution in [0.5, 0.6) is 0 Å². The Hall–Kier alpha value is -4.17. The van der Waals surface area contributed by atoms with Crippen molar-refractivity contribution < 1.29 is 43.9 Å². The molecule has 4 heterocycles. The van der Waals surface area contributed by atoms with Crippen LogP contribution in [0.1, 0.15) is 58.9 Å². The van der Waals surface area contributed by atoms with Gasteiger partial charge in [0.05, 0.1) is 44.0 Å². The van der Waals surface area contributed by atoms with Crippen LogP contribution >= 0.6 is 22.6 Å². The third-order valence-electron chi connectivity index (χ3n) is 13.7. The number of cyclic esters (lactones) is 1. The number of fused-ring (bicyclic) bond motifs is 1. The number of aliphatic hydroxyl groups is 3. The summed E-state index contributed by atoms with van der Waals surface area (Å²) in [6.45, 7) is 9.58.